The molecule has 1 heterocycles. The van der Waals surface area contributed by atoms with Gasteiger partial charge in [0.25, 0.3) is 0 Å². The van der Waals surface area contributed by atoms with Gasteiger partial charge in [-0.05, 0) is 26.7 Å². The molecule has 0 radical (unpaired) electrons. The maximum absolute atomic E-state index is 4.57. The maximum atomic E-state index is 4.57. The summed E-state index contributed by atoms with van der Waals surface area (Å²) >= 11 is 0. The van der Waals surface area contributed by atoms with Crippen LogP contribution in [0.2, 0.25) is 0 Å². The van der Waals surface area contributed by atoms with Crippen LogP contribution < -0.4 is 10.2 Å². The maximum Gasteiger partial charge on any atom is 0.134 e. The molecule has 1 aromatic heterocycles. The van der Waals surface area contributed by atoms with Gasteiger partial charge >= 0.3 is 0 Å². The first-order chi connectivity index (χ1) is 8.24. The molecule has 4 heteroatoms. The highest BCUT2D eigenvalue weighted by Crippen LogP contribution is 2.27. The van der Waals surface area contributed by atoms with E-state index in [-0.39, 0.29) is 0 Å². The second-order valence-electron chi connectivity index (χ2n) is 4.63. The van der Waals surface area contributed by atoms with Crippen molar-refractivity contribution >= 4 is 11.6 Å². The van der Waals surface area contributed by atoms with E-state index in [0.717, 1.165) is 24.0 Å². The first-order valence-electron chi connectivity index (χ1n) is 6.54. The van der Waals surface area contributed by atoms with Gasteiger partial charge in [-0.2, -0.15) is 0 Å². The van der Waals surface area contributed by atoms with Gasteiger partial charge in [-0.15, -0.1) is 0 Å². The van der Waals surface area contributed by atoms with Gasteiger partial charge in [-0.3, -0.25) is 0 Å². The molecule has 0 bridgehead atoms. The van der Waals surface area contributed by atoms with Crippen LogP contribution in [-0.2, 0) is 0 Å². The first-order valence-corrected chi connectivity index (χ1v) is 6.54. The fourth-order valence-corrected chi connectivity index (χ4v) is 2.65. The largest absolute Gasteiger partial charge is 0.373 e. The minimum absolute atomic E-state index is 0.666. The number of nitrogens with zero attached hydrogens (tertiary/aromatic N) is 3. The zero-order valence-corrected chi connectivity index (χ0v) is 11.0. The molecule has 0 spiro atoms. The summed E-state index contributed by atoms with van der Waals surface area (Å²) in [6.07, 6.45) is 5.30. The monoisotopic (exact) mass is 234 g/mol. The highest BCUT2D eigenvalue weighted by atomic mass is 15.2. The highest BCUT2D eigenvalue weighted by Gasteiger charge is 2.22. The smallest absolute Gasteiger partial charge is 0.134 e. The number of anilines is 2. The molecule has 1 fully saturated rings. The average Bonchev–Trinajstić information content (AvgIpc) is 2.83. The van der Waals surface area contributed by atoms with Crippen LogP contribution in [0, 0.1) is 6.92 Å². The molecule has 1 aromatic rings. The van der Waals surface area contributed by atoms with E-state index in [9.17, 15) is 0 Å². The first kappa shape index (κ1) is 12.1. The Hall–Kier alpha value is -1.32. The third-order valence-electron chi connectivity index (χ3n) is 3.48. The molecule has 0 saturated heterocycles. The Bertz CT molecular complexity index is 372. The molecule has 1 aliphatic carbocycles. The Balaban J connectivity index is 2.25. The van der Waals surface area contributed by atoms with Crippen LogP contribution in [0.3, 0.4) is 0 Å². The van der Waals surface area contributed by atoms with Crippen molar-refractivity contribution < 1.29 is 0 Å². The molecule has 0 aliphatic heterocycles. The Morgan fingerprint density at radius 2 is 2.06 bits per heavy atom. The van der Waals surface area contributed by atoms with Crippen LogP contribution in [0.1, 0.15) is 38.4 Å². The van der Waals surface area contributed by atoms with Gasteiger partial charge in [0.1, 0.15) is 17.5 Å². The van der Waals surface area contributed by atoms with Gasteiger partial charge in [-0.25, -0.2) is 9.97 Å². The molecule has 1 saturated carbocycles. The van der Waals surface area contributed by atoms with E-state index in [2.05, 4.69) is 33.2 Å². The van der Waals surface area contributed by atoms with E-state index in [0.29, 0.717) is 6.04 Å². The van der Waals surface area contributed by atoms with Crippen LogP contribution in [0.15, 0.2) is 6.07 Å². The molecule has 0 atom stereocenters. The van der Waals surface area contributed by atoms with E-state index in [1.165, 1.54) is 25.7 Å². The number of aryl methyl sites for hydroxylation is 1. The number of hydrogen-bond acceptors (Lipinski definition) is 4. The van der Waals surface area contributed by atoms with Crippen LogP contribution in [0.25, 0.3) is 0 Å². The van der Waals surface area contributed by atoms with Gasteiger partial charge in [0.05, 0.1) is 0 Å². The Morgan fingerprint density at radius 1 is 1.35 bits per heavy atom. The minimum Gasteiger partial charge on any atom is -0.373 e. The normalized spacial score (nSPS) is 16.2. The molecule has 4 nitrogen and oxygen atoms in total. The Kier molecular flexibility index (Phi) is 3.82. The van der Waals surface area contributed by atoms with Crippen molar-refractivity contribution in [1.82, 2.24) is 9.97 Å². The lowest BCUT2D eigenvalue weighted by molar-refractivity contribution is 0.611. The second kappa shape index (κ2) is 5.34. The molecule has 0 aromatic carbocycles. The van der Waals surface area contributed by atoms with Gasteiger partial charge < -0.3 is 10.2 Å². The molecule has 1 aliphatic rings. The molecule has 0 amide bonds. The number of rotatable bonds is 4. The van der Waals surface area contributed by atoms with Crippen molar-refractivity contribution in [3.63, 3.8) is 0 Å². The summed E-state index contributed by atoms with van der Waals surface area (Å²) in [5.74, 6) is 2.81. The predicted molar refractivity (Wildman–Crippen MR) is 71.6 cm³/mol. The van der Waals surface area contributed by atoms with E-state index in [4.69, 9.17) is 0 Å². The van der Waals surface area contributed by atoms with Crippen LogP contribution in [-0.4, -0.2) is 29.6 Å². The van der Waals surface area contributed by atoms with Crippen molar-refractivity contribution in [3.05, 3.63) is 11.9 Å². The van der Waals surface area contributed by atoms with E-state index < -0.39 is 0 Å². The molecule has 2 rings (SSSR count). The number of nitrogens with one attached hydrogen (secondary N) is 1. The summed E-state index contributed by atoms with van der Waals surface area (Å²) in [6.45, 7) is 5.17. The van der Waals surface area contributed by atoms with Crippen LogP contribution in [0.4, 0.5) is 11.6 Å². The Morgan fingerprint density at radius 3 is 2.65 bits per heavy atom. The summed E-state index contributed by atoms with van der Waals surface area (Å²) in [7, 11) is 1.90. The summed E-state index contributed by atoms with van der Waals surface area (Å²) in [6, 6.07) is 2.72. The highest BCUT2D eigenvalue weighted by molar-refractivity contribution is 5.49. The fraction of sp³-hybridized carbons (Fsp3) is 0.692. The zero-order valence-electron chi connectivity index (χ0n) is 11.0. The van der Waals surface area contributed by atoms with Crippen molar-refractivity contribution in [3.8, 4) is 0 Å². The predicted octanol–water partition coefficient (Wildman–Crippen LogP) is 2.60. The van der Waals surface area contributed by atoms with Crippen molar-refractivity contribution in [1.29, 1.82) is 0 Å². The molecule has 1 N–H and O–H groups in total. The topological polar surface area (TPSA) is 41.0 Å². The van der Waals surface area contributed by atoms with E-state index >= 15 is 0 Å². The van der Waals surface area contributed by atoms with E-state index in [1.807, 2.05) is 14.0 Å². The summed E-state index contributed by atoms with van der Waals surface area (Å²) in [5, 5.41) is 3.10. The molecule has 0 unspecified atom stereocenters. The zero-order chi connectivity index (χ0) is 12.3. The fourth-order valence-electron chi connectivity index (χ4n) is 2.65. The third-order valence-corrected chi connectivity index (χ3v) is 3.48. The van der Waals surface area contributed by atoms with Crippen molar-refractivity contribution in [2.24, 2.45) is 0 Å². The summed E-state index contributed by atoms with van der Waals surface area (Å²) in [5.41, 5.74) is 0. The van der Waals surface area contributed by atoms with Crippen LogP contribution >= 0.6 is 0 Å². The van der Waals surface area contributed by atoms with Crippen molar-refractivity contribution in [2.75, 3.05) is 23.8 Å². The molecule has 94 valence electrons. The van der Waals surface area contributed by atoms with Gasteiger partial charge in [-0.1, -0.05) is 12.8 Å². The van der Waals surface area contributed by atoms with Crippen molar-refractivity contribution in [2.45, 2.75) is 45.6 Å². The molecular weight excluding hydrogens is 212 g/mol. The van der Waals surface area contributed by atoms with Crippen LogP contribution in [0.5, 0.6) is 0 Å². The lowest BCUT2D eigenvalue weighted by Crippen LogP contribution is -2.33. The summed E-state index contributed by atoms with van der Waals surface area (Å²) in [4.78, 5) is 11.3. The Labute approximate surface area is 103 Å². The minimum atomic E-state index is 0.666. The summed E-state index contributed by atoms with van der Waals surface area (Å²) < 4.78 is 0. The van der Waals surface area contributed by atoms with E-state index in [1.54, 1.807) is 0 Å². The average molecular weight is 234 g/mol. The van der Waals surface area contributed by atoms with Gasteiger partial charge in [0.15, 0.2) is 0 Å². The SMILES string of the molecule is CCN(c1cc(NC)nc(C)n1)C1CCCC1. The quantitative estimate of drug-likeness (QED) is 0.869. The van der Waals surface area contributed by atoms with Gasteiger partial charge in [0.2, 0.25) is 0 Å². The third kappa shape index (κ3) is 2.68. The second-order valence-corrected chi connectivity index (χ2v) is 4.63. The molecular formula is C13H22N4. The molecule has 17 heavy (non-hydrogen) atoms. The number of hydrogen-bond donors (Lipinski definition) is 1. The standard InChI is InChI=1S/C13H22N4/c1-4-17(11-7-5-6-8-11)13-9-12(14-3)15-10(2)16-13/h9,11H,4-8H2,1-3H3,(H,14,15,16). The lowest BCUT2D eigenvalue weighted by atomic mass is 10.2. The van der Waals surface area contributed by atoms with Gasteiger partial charge in [0, 0.05) is 25.7 Å². The lowest BCUT2D eigenvalue weighted by Gasteiger charge is -2.29. The number of aromatic nitrogens is 2.